The average Bonchev–Trinajstić information content (AvgIpc) is 2.56. The molecule has 24 heavy (non-hydrogen) atoms. The molecule has 1 aliphatic carbocycles. The molecule has 2 unspecified atom stereocenters. The van der Waals surface area contributed by atoms with Crippen molar-refractivity contribution in [1.82, 2.24) is 9.97 Å². The van der Waals surface area contributed by atoms with Gasteiger partial charge < -0.3 is 16.6 Å². The van der Waals surface area contributed by atoms with Crippen molar-refractivity contribution < 1.29 is 9.50 Å². The van der Waals surface area contributed by atoms with Crippen LogP contribution in [-0.4, -0.2) is 21.1 Å². The molecule has 2 atom stereocenters. The number of nitrogens with two attached hydrogens (primary N) is 2. The molecule has 0 saturated heterocycles. The fourth-order valence-electron chi connectivity index (χ4n) is 3.19. The molecule has 0 aliphatic heterocycles. The van der Waals surface area contributed by atoms with Gasteiger partial charge in [0, 0.05) is 12.0 Å². The van der Waals surface area contributed by atoms with Gasteiger partial charge in [-0.15, -0.1) is 0 Å². The number of phenolic OH excluding ortho intramolecular Hbond substituents is 1. The number of rotatable bonds is 2. The molecule has 6 nitrogen and oxygen atoms in total. The fourth-order valence-corrected chi connectivity index (χ4v) is 3.19. The van der Waals surface area contributed by atoms with Crippen LogP contribution in [0.4, 0.5) is 10.2 Å². The highest BCUT2D eigenvalue weighted by Gasteiger charge is 2.27. The standard InChI is InChI=1S/C17H18FN5O/c18-10-4-5-14(24)12(7-10)17-22-15(13(8-19)16(21)23-17)9-2-1-3-11(20)6-9/h4-5,7,9,11,24H,1-3,6,20H2,(H2,21,22,23). The Balaban J connectivity index is 2.13. The molecule has 5 N–H and O–H groups in total. The summed E-state index contributed by atoms with van der Waals surface area (Å²) in [5.41, 5.74) is 12.9. The van der Waals surface area contributed by atoms with Crippen LogP contribution in [0.2, 0.25) is 0 Å². The number of hydrogen-bond donors (Lipinski definition) is 3. The number of nitrogen functional groups attached to an aromatic ring is 1. The zero-order valence-electron chi connectivity index (χ0n) is 13.0. The Morgan fingerprint density at radius 2 is 2.08 bits per heavy atom. The van der Waals surface area contributed by atoms with E-state index >= 15 is 0 Å². The molecule has 0 amide bonds. The largest absolute Gasteiger partial charge is 0.507 e. The molecule has 1 aromatic heterocycles. The van der Waals surface area contributed by atoms with Crippen molar-refractivity contribution in [3.8, 4) is 23.2 Å². The SMILES string of the molecule is N#Cc1c(N)nc(-c2cc(F)ccc2O)nc1C1CCCC(N)C1. The Morgan fingerprint density at radius 1 is 1.29 bits per heavy atom. The first-order valence-corrected chi connectivity index (χ1v) is 7.81. The van der Waals surface area contributed by atoms with Crippen LogP contribution in [0.3, 0.4) is 0 Å². The molecular weight excluding hydrogens is 309 g/mol. The molecule has 1 heterocycles. The van der Waals surface area contributed by atoms with Crippen molar-refractivity contribution in [2.45, 2.75) is 37.6 Å². The van der Waals surface area contributed by atoms with Gasteiger partial charge in [-0.3, -0.25) is 0 Å². The molecule has 1 saturated carbocycles. The van der Waals surface area contributed by atoms with E-state index in [1.54, 1.807) is 0 Å². The number of nitrogens with zero attached hydrogens (tertiary/aromatic N) is 3. The maximum absolute atomic E-state index is 13.5. The van der Waals surface area contributed by atoms with Crippen LogP contribution >= 0.6 is 0 Å². The molecule has 124 valence electrons. The molecular formula is C17H18FN5O. The van der Waals surface area contributed by atoms with Gasteiger partial charge >= 0.3 is 0 Å². The fraction of sp³-hybridized carbons (Fsp3) is 0.353. The molecule has 1 aromatic carbocycles. The topological polar surface area (TPSA) is 122 Å². The second-order valence-electron chi connectivity index (χ2n) is 6.09. The number of halogens is 1. The first-order valence-electron chi connectivity index (χ1n) is 7.81. The quantitative estimate of drug-likeness (QED) is 0.778. The summed E-state index contributed by atoms with van der Waals surface area (Å²) in [5, 5.41) is 19.4. The van der Waals surface area contributed by atoms with Gasteiger partial charge in [0.05, 0.1) is 11.3 Å². The summed E-state index contributed by atoms with van der Waals surface area (Å²) in [6.07, 6.45) is 3.45. The Labute approximate surface area is 139 Å². The number of hydrogen-bond acceptors (Lipinski definition) is 6. The third-order valence-corrected chi connectivity index (χ3v) is 4.38. The van der Waals surface area contributed by atoms with Crippen molar-refractivity contribution in [3.05, 3.63) is 35.3 Å². The predicted octanol–water partition coefficient (Wildman–Crippen LogP) is 2.43. The van der Waals surface area contributed by atoms with E-state index in [9.17, 15) is 14.8 Å². The zero-order chi connectivity index (χ0) is 17.3. The van der Waals surface area contributed by atoms with Crippen LogP contribution in [0.25, 0.3) is 11.4 Å². The van der Waals surface area contributed by atoms with Gasteiger partial charge in [0.15, 0.2) is 5.82 Å². The number of aromatic hydroxyl groups is 1. The summed E-state index contributed by atoms with van der Waals surface area (Å²) in [6.45, 7) is 0. The van der Waals surface area contributed by atoms with Crippen LogP contribution in [0.5, 0.6) is 5.75 Å². The molecule has 1 fully saturated rings. The minimum atomic E-state index is -0.518. The molecule has 0 radical (unpaired) electrons. The maximum atomic E-state index is 13.5. The van der Waals surface area contributed by atoms with Crippen LogP contribution in [0.1, 0.15) is 42.9 Å². The lowest BCUT2D eigenvalue weighted by atomic mass is 9.82. The minimum Gasteiger partial charge on any atom is -0.507 e. The van der Waals surface area contributed by atoms with Gasteiger partial charge in [-0.05, 0) is 37.5 Å². The van der Waals surface area contributed by atoms with Gasteiger partial charge in [0.1, 0.15) is 29.0 Å². The first-order chi connectivity index (χ1) is 11.5. The summed E-state index contributed by atoms with van der Waals surface area (Å²) in [6, 6.07) is 5.63. The Kier molecular flexibility index (Phi) is 4.32. The maximum Gasteiger partial charge on any atom is 0.165 e. The monoisotopic (exact) mass is 327 g/mol. The molecule has 1 aliphatic rings. The Bertz CT molecular complexity index is 817. The number of aromatic nitrogens is 2. The second-order valence-corrected chi connectivity index (χ2v) is 6.09. The molecule has 0 bridgehead atoms. The van der Waals surface area contributed by atoms with E-state index in [1.165, 1.54) is 6.07 Å². The van der Waals surface area contributed by atoms with Crippen molar-refractivity contribution in [3.63, 3.8) is 0 Å². The molecule has 3 rings (SSSR count). The highest BCUT2D eigenvalue weighted by atomic mass is 19.1. The Hall–Kier alpha value is -2.72. The lowest BCUT2D eigenvalue weighted by Gasteiger charge is -2.27. The van der Waals surface area contributed by atoms with Gasteiger partial charge in [-0.25, -0.2) is 14.4 Å². The van der Waals surface area contributed by atoms with Gasteiger partial charge in [0.2, 0.25) is 0 Å². The minimum absolute atomic E-state index is 0.00292. The summed E-state index contributed by atoms with van der Waals surface area (Å²) in [7, 11) is 0. The van der Waals surface area contributed by atoms with E-state index in [-0.39, 0.29) is 40.5 Å². The highest BCUT2D eigenvalue weighted by Crippen LogP contribution is 2.36. The Morgan fingerprint density at radius 3 is 2.79 bits per heavy atom. The average molecular weight is 327 g/mol. The van der Waals surface area contributed by atoms with Crippen LogP contribution in [-0.2, 0) is 0 Å². The van der Waals surface area contributed by atoms with E-state index in [4.69, 9.17) is 11.5 Å². The summed E-state index contributed by atoms with van der Waals surface area (Å²) >= 11 is 0. The van der Waals surface area contributed by atoms with Crippen molar-refractivity contribution >= 4 is 5.82 Å². The molecule has 7 heteroatoms. The zero-order valence-corrected chi connectivity index (χ0v) is 13.0. The number of nitriles is 1. The van der Waals surface area contributed by atoms with Gasteiger partial charge in [-0.1, -0.05) is 6.42 Å². The van der Waals surface area contributed by atoms with E-state index in [2.05, 4.69) is 16.0 Å². The second kappa shape index (κ2) is 6.42. The van der Waals surface area contributed by atoms with E-state index in [0.29, 0.717) is 12.1 Å². The highest BCUT2D eigenvalue weighted by molar-refractivity contribution is 5.67. The number of anilines is 1. The van der Waals surface area contributed by atoms with Crippen LogP contribution in [0.15, 0.2) is 18.2 Å². The first kappa shape index (κ1) is 16.1. The van der Waals surface area contributed by atoms with Gasteiger partial charge in [0.25, 0.3) is 0 Å². The predicted molar refractivity (Wildman–Crippen MR) is 87.4 cm³/mol. The van der Waals surface area contributed by atoms with E-state index in [1.807, 2.05) is 0 Å². The number of phenols is 1. The summed E-state index contributed by atoms with van der Waals surface area (Å²) in [4.78, 5) is 8.52. The lowest BCUT2D eigenvalue weighted by Crippen LogP contribution is -2.28. The smallest absolute Gasteiger partial charge is 0.165 e. The van der Waals surface area contributed by atoms with Crippen molar-refractivity contribution in [1.29, 1.82) is 5.26 Å². The summed E-state index contributed by atoms with van der Waals surface area (Å²) in [5.74, 6) is -0.525. The van der Waals surface area contributed by atoms with E-state index in [0.717, 1.165) is 31.4 Å². The van der Waals surface area contributed by atoms with E-state index < -0.39 is 5.82 Å². The molecule has 0 spiro atoms. The van der Waals surface area contributed by atoms with Gasteiger partial charge in [-0.2, -0.15) is 5.26 Å². The summed E-state index contributed by atoms with van der Waals surface area (Å²) < 4.78 is 13.5. The van der Waals surface area contributed by atoms with Crippen LogP contribution in [0, 0.1) is 17.1 Å². The molecule has 2 aromatic rings. The lowest BCUT2D eigenvalue weighted by molar-refractivity contribution is 0.387. The third-order valence-electron chi connectivity index (χ3n) is 4.38. The third kappa shape index (κ3) is 3.01. The number of benzene rings is 1. The normalized spacial score (nSPS) is 20.5. The van der Waals surface area contributed by atoms with Crippen molar-refractivity contribution in [2.75, 3.05) is 5.73 Å². The van der Waals surface area contributed by atoms with Crippen LogP contribution < -0.4 is 11.5 Å². The van der Waals surface area contributed by atoms with Crippen molar-refractivity contribution in [2.24, 2.45) is 5.73 Å².